The molecule has 2 aromatic rings. The van der Waals surface area contributed by atoms with Crippen LogP contribution in [0.3, 0.4) is 0 Å². The largest absolute Gasteiger partial charge is 0.495 e. The summed E-state index contributed by atoms with van der Waals surface area (Å²) in [6.45, 7) is 0.221. The van der Waals surface area contributed by atoms with Crippen LogP contribution in [0.1, 0.15) is 15.9 Å². The van der Waals surface area contributed by atoms with Gasteiger partial charge in [0.1, 0.15) is 12.4 Å². The molecule has 2 aromatic carbocycles. The summed E-state index contributed by atoms with van der Waals surface area (Å²) in [5.41, 5.74) is 7.51. The van der Waals surface area contributed by atoms with Crippen LogP contribution >= 0.6 is 15.9 Å². The molecule has 0 amide bonds. The molecule has 0 bridgehead atoms. The van der Waals surface area contributed by atoms with Gasteiger partial charge in [-0.3, -0.25) is 0 Å². The van der Waals surface area contributed by atoms with Gasteiger partial charge in [-0.15, -0.1) is 0 Å². The molecule has 2 N–H and O–H groups in total. The highest BCUT2D eigenvalue weighted by Crippen LogP contribution is 2.22. The molecular formula is C15H14BrNO3. The molecule has 0 aliphatic rings. The van der Waals surface area contributed by atoms with E-state index in [9.17, 15) is 4.79 Å². The van der Waals surface area contributed by atoms with E-state index in [-0.39, 0.29) is 6.61 Å². The standard InChI is InChI=1S/C15H14BrNO3/c1-19-14-8-11(4-7-13(14)17)15(18)20-9-10-2-5-12(16)6-3-10/h2-8H,9,17H2,1H3. The number of hydrogen-bond acceptors (Lipinski definition) is 4. The molecule has 20 heavy (non-hydrogen) atoms. The molecule has 0 saturated carbocycles. The van der Waals surface area contributed by atoms with E-state index in [0.29, 0.717) is 17.0 Å². The van der Waals surface area contributed by atoms with E-state index >= 15 is 0 Å². The van der Waals surface area contributed by atoms with Crippen LogP contribution in [0.4, 0.5) is 5.69 Å². The molecule has 0 aliphatic carbocycles. The lowest BCUT2D eigenvalue weighted by Crippen LogP contribution is -2.06. The maximum atomic E-state index is 11.9. The number of rotatable bonds is 4. The molecule has 104 valence electrons. The summed E-state index contributed by atoms with van der Waals surface area (Å²) in [6.07, 6.45) is 0. The van der Waals surface area contributed by atoms with Gasteiger partial charge in [-0.1, -0.05) is 28.1 Å². The number of anilines is 1. The van der Waals surface area contributed by atoms with Gasteiger partial charge in [-0.05, 0) is 35.9 Å². The molecule has 0 unspecified atom stereocenters. The van der Waals surface area contributed by atoms with E-state index in [1.165, 1.54) is 7.11 Å². The summed E-state index contributed by atoms with van der Waals surface area (Å²) >= 11 is 3.35. The van der Waals surface area contributed by atoms with E-state index in [1.54, 1.807) is 18.2 Å². The number of ether oxygens (including phenoxy) is 2. The van der Waals surface area contributed by atoms with E-state index in [4.69, 9.17) is 15.2 Å². The highest BCUT2D eigenvalue weighted by molar-refractivity contribution is 9.10. The van der Waals surface area contributed by atoms with Gasteiger partial charge in [-0.25, -0.2) is 4.79 Å². The predicted molar refractivity (Wildman–Crippen MR) is 80.7 cm³/mol. The summed E-state index contributed by atoms with van der Waals surface area (Å²) in [7, 11) is 1.50. The first kappa shape index (κ1) is 14.4. The minimum atomic E-state index is -0.411. The molecule has 0 fully saturated rings. The Hall–Kier alpha value is -2.01. The number of halogens is 1. The molecular weight excluding hydrogens is 322 g/mol. The average molecular weight is 336 g/mol. The molecule has 0 aliphatic heterocycles. The molecule has 0 heterocycles. The van der Waals surface area contributed by atoms with Crippen LogP contribution in [0, 0.1) is 0 Å². The van der Waals surface area contributed by atoms with Crippen molar-refractivity contribution in [3.8, 4) is 5.75 Å². The Morgan fingerprint density at radius 2 is 1.90 bits per heavy atom. The van der Waals surface area contributed by atoms with Crippen molar-refractivity contribution in [2.75, 3.05) is 12.8 Å². The third kappa shape index (κ3) is 3.51. The second kappa shape index (κ2) is 6.43. The Bertz CT molecular complexity index is 611. The van der Waals surface area contributed by atoms with Crippen LogP contribution in [0.15, 0.2) is 46.9 Å². The number of methoxy groups -OCH3 is 1. The molecule has 0 spiro atoms. The van der Waals surface area contributed by atoms with Crippen molar-refractivity contribution < 1.29 is 14.3 Å². The third-order valence-electron chi connectivity index (χ3n) is 2.75. The van der Waals surface area contributed by atoms with Crippen molar-refractivity contribution in [2.24, 2.45) is 0 Å². The molecule has 2 rings (SSSR count). The Labute approximate surface area is 125 Å². The van der Waals surface area contributed by atoms with Crippen molar-refractivity contribution in [1.82, 2.24) is 0 Å². The summed E-state index contributed by atoms with van der Waals surface area (Å²) in [4.78, 5) is 11.9. The highest BCUT2D eigenvalue weighted by Gasteiger charge is 2.10. The molecule has 0 atom stereocenters. The van der Waals surface area contributed by atoms with E-state index in [0.717, 1.165) is 10.0 Å². The van der Waals surface area contributed by atoms with E-state index < -0.39 is 5.97 Å². The van der Waals surface area contributed by atoms with Gasteiger partial charge in [0, 0.05) is 4.47 Å². The van der Waals surface area contributed by atoms with Gasteiger partial charge in [0.05, 0.1) is 18.4 Å². The van der Waals surface area contributed by atoms with Crippen molar-refractivity contribution in [3.05, 3.63) is 58.1 Å². The number of nitrogen functional groups attached to an aromatic ring is 1. The topological polar surface area (TPSA) is 61.5 Å². The van der Waals surface area contributed by atoms with Gasteiger partial charge in [0.2, 0.25) is 0 Å². The van der Waals surface area contributed by atoms with E-state index in [1.807, 2.05) is 24.3 Å². The molecule has 0 saturated heterocycles. The monoisotopic (exact) mass is 335 g/mol. The van der Waals surface area contributed by atoms with Crippen molar-refractivity contribution >= 4 is 27.6 Å². The number of carbonyl (C=O) groups excluding carboxylic acids is 1. The molecule has 0 radical (unpaired) electrons. The van der Waals surface area contributed by atoms with Gasteiger partial charge in [0.15, 0.2) is 0 Å². The first-order valence-corrected chi connectivity index (χ1v) is 6.74. The quantitative estimate of drug-likeness (QED) is 0.687. The van der Waals surface area contributed by atoms with Crippen molar-refractivity contribution in [2.45, 2.75) is 6.61 Å². The lowest BCUT2D eigenvalue weighted by molar-refractivity contribution is 0.0472. The maximum absolute atomic E-state index is 11.9. The smallest absolute Gasteiger partial charge is 0.338 e. The average Bonchev–Trinajstić information content (AvgIpc) is 2.47. The zero-order chi connectivity index (χ0) is 14.5. The summed E-state index contributed by atoms with van der Waals surface area (Å²) < 4.78 is 11.3. The molecule has 5 heteroatoms. The molecule has 4 nitrogen and oxygen atoms in total. The summed E-state index contributed by atoms with van der Waals surface area (Å²) in [6, 6.07) is 12.4. The fourth-order valence-electron chi connectivity index (χ4n) is 1.65. The second-order valence-electron chi connectivity index (χ2n) is 4.16. The number of nitrogens with two attached hydrogens (primary N) is 1. The fraction of sp³-hybridized carbons (Fsp3) is 0.133. The Balaban J connectivity index is 2.03. The number of esters is 1. The lowest BCUT2D eigenvalue weighted by Gasteiger charge is -2.08. The number of carbonyl (C=O) groups is 1. The SMILES string of the molecule is COc1cc(C(=O)OCc2ccc(Br)cc2)ccc1N. The van der Waals surface area contributed by atoms with Crippen molar-refractivity contribution in [3.63, 3.8) is 0 Å². The highest BCUT2D eigenvalue weighted by atomic mass is 79.9. The number of benzene rings is 2. The summed E-state index contributed by atoms with van der Waals surface area (Å²) in [5, 5.41) is 0. The third-order valence-corrected chi connectivity index (χ3v) is 3.28. The van der Waals surface area contributed by atoms with Gasteiger partial charge < -0.3 is 15.2 Å². The van der Waals surface area contributed by atoms with Crippen LogP contribution in [-0.4, -0.2) is 13.1 Å². The normalized spacial score (nSPS) is 10.1. The zero-order valence-corrected chi connectivity index (χ0v) is 12.5. The Kier molecular flexibility index (Phi) is 4.63. The fourth-order valence-corrected chi connectivity index (χ4v) is 1.92. The van der Waals surface area contributed by atoms with Crippen LogP contribution in [-0.2, 0) is 11.3 Å². The van der Waals surface area contributed by atoms with Crippen LogP contribution < -0.4 is 10.5 Å². The predicted octanol–water partition coefficient (Wildman–Crippen LogP) is 3.40. The minimum absolute atomic E-state index is 0.221. The maximum Gasteiger partial charge on any atom is 0.338 e. The zero-order valence-electron chi connectivity index (χ0n) is 10.9. The van der Waals surface area contributed by atoms with Gasteiger partial charge >= 0.3 is 5.97 Å². The number of hydrogen-bond donors (Lipinski definition) is 1. The van der Waals surface area contributed by atoms with Crippen LogP contribution in [0.5, 0.6) is 5.75 Å². The van der Waals surface area contributed by atoms with Crippen LogP contribution in [0.25, 0.3) is 0 Å². The minimum Gasteiger partial charge on any atom is -0.495 e. The first-order valence-electron chi connectivity index (χ1n) is 5.95. The summed E-state index contributed by atoms with van der Waals surface area (Å²) in [5.74, 6) is 0.0503. The first-order chi connectivity index (χ1) is 9.60. The second-order valence-corrected chi connectivity index (χ2v) is 5.08. The Morgan fingerprint density at radius 3 is 2.55 bits per heavy atom. The molecule has 0 aromatic heterocycles. The lowest BCUT2D eigenvalue weighted by atomic mass is 10.2. The van der Waals surface area contributed by atoms with E-state index in [2.05, 4.69) is 15.9 Å². The van der Waals surface area contributed by atoms with Gasteiger partial charge in [0.25, 0.3) is 0 Å². The Morgan fingerprint density at radius 1 is 1.20 bits per heavy atom. The van der Waals surface area contributed by atoms with Crippen molar-refractivity contribution in [1.29, 1.82) is 0 Å². The van der Waals surface area contributed by atoms with Crippen LogP contribution in [0.2, 0.25) is 0 Å². The van der Waals surface area contributed by atoms with Gasteiger partial charge in [-0.2, -0.15) is 0 Å².